The first-order valence-corrected chi connectivity index (χ1v) is 18.3. The second kappa shape index (κ2) is 8.11. The molecule has 0 aliphatic carbocycles. The quantitative estimate of drug-likeness (QED) is 0.361. The lowest BCUT2D eigenvalue weighted by Crippen LogP contribution is -2.50. The van der Waals surface area contributed by atoms with E-state index in [0.29, 0.717) is 0 Å². The molecule has 27 heavy (non-hydrogen) atoms. The monoisotopic (exact) mass is 412 g/mol. The van der Waals surface area contributed by atoms with E-state index in [0.717, 1.165) is 0 Å². The molecule has 0 bridgehead atoms. The third kappa shape index (κ3) is 5.47. The minimum Gasteiger partial charge on any atom is -0.119 e. The summed E-state index contributed by atoms with van der Waals surface area (Å²) in [7, 11) is -3.27. The van der Waals surface area contributed by atoms with E-state index in [2.05, 4.69) is 121 Å². The normalized spacial score (nSPS) is 13.3. The summed E-state index contributed by atoms with van der Waals surface area (Å²) in [6, 6.07) is 22.3. The highest BCUT2D eigenvalue weighted by Gasteiger charge is 2.35. The highest BCUT2D eigenvalue weighted by molar-refractivity contribution is 7.75. The molecule has 1 unspecified atom stereocenters. The Morgan fingerprint density at radius 2 is 0.963 bits per heavy atom. The maximum Gasteiger partial charge on any atom is 0.0727 e. The summed E-state index contributed by atoms with van der Waals surface area (Å²) in [4.78, 5) is 0. The lowest BCUT2D eigenvalue weighted by atomic mass is 10.1. The number of rotatable bonds is 4. The molecule has 0 aromatic heterocycles. The molecule has 0 aliphatic heterocycles. The first-order chi connectivity index (χ1) is 12.3. The van der Waals surface area contributed by atoms with Gasteiger partial charge >= 0.3 is 0 Å². The summed E-state index contributed by atoms with van der Waals surface area (Å²) in [5.41, 5.74) is 2.80. The fourth-order valence-corrected chi connectivity index (χ4v) is 23.6. The molecule has 0 nitrogen and oxygen atoms in total. The van der Waals surface area contributed by atoms with Gasteiger partial charge in [0.15, 0.2) is 0 Å². The van der Waals surface area contributed by atoms with Gasteiger partial charge in [-0.15, -0.1) is 7.17 Å². The maximum atomic E-state index is 2.56. The van der Waals surface area contributed by atoms with Crippen LogP contribution in [0.25, 0.3) is 0 Å². The van der Waals surface area contributed by atoms with Crippen molar-refractivity contribution in [2.75, 3.05) is 0 Å². The van der Waals surface area contributed by atoms with Crippen molar-refractivity contribution in [3.63, 3.8) is 0 Å². The average Bonchev–Trinajstić information content (AvgIpc) is 2.53. The van der Waals surface area contributed by atoms with Crippen LogP contribution in [0.15, 0.2) is 60.7 Å². The van der Waals surface area contributed by atoms with E-state index < -0.39 is 23.3 Å². The Morgan fingerprint density at radius 1 is 0.630 bits per heavy atom. The molecular weight excluding hydrogens is 375 g/mol. The molecule has 146 valence electrons. The summed E-state index contributed by atoms with van der Waals surface area (Å²) < 4.78 is 1.96. The van der Waals surface area contributed by atoms with Crippen molar-refractivity contribution in [3.8, 4) is 0 Å². The number of hydrogen-bond donors (Lipinski definition) is 0. The molecule has 0 N–H and O–H groups in total. The molecule has 2 aromatic carbocycles. The van der Waals surface area contributed by atoms with Gasteiger partial charge in [-0.2, -0.15) is 0 Å². The zero-order valence-corrected chi connectivity index (χ0v) is 21.6. The Morgan fingerprint density at radius 3 is 1.22 bits per heavy atom. The molecule has 1 atom stereocenters. The van der Waals surface area contributed by atoms with Crippen molar-refractivity contribution in [2.24, 2.45) is 0 Å². The maximum absolute atomic E-state index is 2.56. The van der Waals surface area contributed by atoms with Gasteiger partial charge in [0.2, 0.25) is 0 Å². The predicted octanol–water partition coefficient (Wildman–Crippen LogP) is 7.46. The van der Waals surface area contributed by atoms with Crippen LogP contribution < -0.4 is 0 Å². The summed E-state index contributed by atoms with van der Waals surface area (Å²) in [5.74, 6) is 0. The van der Waals surface area contributed by atoms with Gasteiger partial charge in [0, 0.05) is 10.4 Å². The zero-order valence-electron chi connectivity index (χ0n) is 18.7. The van der Waals surface area contributed by atoms with Crippen LogP contribution in [-0.2, 0) is 0 Å². The number of hydrogen-bond acceptors (Lipinski definition) is 0. The fraction of sp³-hybridized carbons (Fsp3) is 0.417. The Bertz CT molecular complexity index is 795. The van der Waals surface area contributed by atoms with Crippen molar-refractivity contribution in [2.45, 2.75) is 65.2 Å². The molecular formula is C24H37PSi2. The van der Waals surface area contributed by atoms with Gasteiger partial charge in [0.1, 0.15) is 0 Å². The summed E-state index contributed by atoms with van der Waals surface area (Å²) in [6.45, 7) is 22.8. The molecule has 2 rings (SSSR count). The Kier molecular flexibility index (Phi) is 6.67. The van der Waals surface area contributed by atoms with Gasteiger partial charge in [-0.1, -0.05) is 125 Å². The number of benzene rings is 2. The van der Waals surface area contributed by atoms with Gasteiger partial charge in [-0.3, -0.25) is 0 Å². The fourth-order valence-electron chi connectivity index (χ4n) is 4.20. The van der Waals surface area contributed by atoms with Crippen molar-refractivity contribution >= 4 is 33.2 Å². The van der Waals surface area contributed by atoms with E-state index in [4.69, 9.17) is 0 Å². The van der Waals surface area contributed by atoms with Crippen LogP contribution >= 0.6 is 7.17 Å². The van der Waals surface area contributed by atoms with Gasteiger partial charge in [-0.05, 0) is 11.1 Å². The highest BCUT2D eigenvalue weighted by atomic mass is 31.1. The van der Waals surface area contributed by atoms with Gasteiger partial charge < -0.3 is 0 Å². The Balaban J connectivity index is 3.20. The molecule has 0 amide bonds. The van der Waals surface area contributed by atoms with E-state index in [1.165, 1.54) is 11.1 Å². The molecule has 0 radical (unpaired) electrons. The zero-order chi connectivity index (χ0) is 20.5. The molecule has 0 aliphatic rings. The molecule has 0 spiro atoms. The first kappa shape index (κ1) is 22.2. The van der Waals surface area contributed by atoms with Crippen molar-refractivity contribution < 1.29 is 0 Å². The standard InChI is InChI=1S/C24H37PSi2/c1-24(2,3)25(23(26(4,5)6)27(7,8)9)22(20-16-12-10-13-17-20)21-18-14-11-15-19-21/h10-19H,1-9H3. The smallest absolute Gasteiger partial charge is 0.0727 e. The van der Waals surface area contributed by atoms with Crippen LogP contribution in [0.2, 0.25) is 39.3 Å². The second-order valence-electron chi connectivity index (χ2n) is 10.4. The molecule has 0 fully saturated rings. The van der Waals surface area contributed by atoms with E-state index in [9.17, 15) is 0 Å². The van der Waals surface area contributed by atoms with E-state index >= 15 is 0 Å². The summed E-state index contributed by atoms with van der Waals surface area (Å²) in [6.07, 6.45) is 0. The SMILES string of the molecule is CC(C)(C)P(=C(c1ccccc1)c1ccccc1)=C([Si](C)(C)C)[Si](C)(C)C. The Hall–Kier alpha value is -1.09. The molecule has 2 aromatic rings. The van der Waals surface area contributed by atoms with E-state index in [1.54, 1.807) is 5.29 Å². The van der Waals surface area contributed by atoms with Crippen LogP contribution in [0.3, 0.4) is 0 Å². The van der Waals surface area contributed by atoms with Crippen molar-refractivity contribution in [1.82, 2.24) is 0 Å². The lowest BCUT2D eigenvalue weighted by Gasteiger charge is -2.37. The van der Waals surface area contributed by atoms with E-state index in [-0.39, 0.29) is 5.16 Å². The van der Waals surface area contributed by atoms with Crippen LogP contribution in [0.4, 0.5) is 0 Å². The van der Waals surface area contributed by atoms with Crippen LogP contribution in [-0.4, -0.2) is 31.1 Å². The van der Waals surface area contributed by atoms with Gasteiger partial charge in [0.25, 0.3) is 0 Å². The Labute approximate surface area is 170 Å². The first-order valence-electron chi connectivity index (χ1n) is 9.99. The van der Waals surface area contributed by atoms with Gasteiger partial charge in [-0.25, -0.2) is 0 Å². The van der Waals surface area contributed by atoms with Crippen LogP contribution in [0.5, 0.6) is 0 Å². The largest absolute Gasteiger partial charge is 0.119 e. The predicted molar refractivity (Wildman–Crippen MR) is 134 cm³/mol. The van der Waals surface area contributed by atoms with Gasteiger partial charge in [0.05, 0.1) is 16.1 Å². The van der Waals surface area contributed by atoms with Crippen molar-refractivity contribution in [1.29, 1.82) is 0 Å². The summed E-state index contributed by atoms with van der Waals surface area (Å²) >= 11 is 0. The highest BCUT2D eigenvalue weighted by Crippen LogP contribution is 2.41. The molecule has 3 heteroatoms. The average molecular weight is 413 g/mol. The lowest BCUT2D eigenvalue weighted by molar-refractivity contribution is 0.800. The minimum absolute atomic E-state index is 0.242. The second-order valence-corrected chi connectivity index (χ2v) is 24.7. The molecule has 0 saturated heterocycles. The minimum atomic E-state index is -1.44. The van der Waals surface area contributed by atoms with Crippen molar-refractivity contribution in [3.05, 3.63) is 71.8 Å². The molecule has 0 heterocycles. The third-order valence-electron chi connectivity index (χ3n) is 4.63. The third-order valence-corrected chi connectivity index (χ3v) is 20.1. The van der Waals surface area contributed by atoms with Crippen LogP contribution in [0, 0.1) is 0 Å². The topological polar surface area (TPSA) is 0 Å². The van der Waals surface area contributed by atoms with Crippen LogP contribution in [0.1, 0.15) is 31.9 Å². The molecule has 0 saturated carbocycles. The summed E-state index contributed by atoms with van der Waals surface area (Å²) in [5, 5.41) is 1.82. The van der Waals surface area contributed by atoms with E-state index in [1.807, 2.05) is 4.54 Å².